The molecule has 0 radical (unpaired) electrons. The Labute approximate surface area is 174 Å². The van der Waals surface area contributed by atoms with Crippen LogP contribution in [0.5, 0.6) is 0 Å². The van der Waals surface area contributed by atoms with Gasteiger partial charge in [0, 0.05) is 25.7 Å². The number of rotatable bonds is 7. The molecule has 4 rings (SSSR count). The molecule has 0 fully saturated rings. The number of aromatic nitrogens is 2. The average Bonchev–Trinajstić information content (AvgIpc) is 3.30. The molecule has 1 aromatic heterocycles. The van der Waals surface area contributed by atoms with Crippen LogP contribution in [0.25, 0.3) is 11.1 Å². The number of nitrogens with zero attached hydrogens (tertiary/aromatic N) is 2. The van der Waals surface area contributed by atoms with Gasteiger partial charge in [0.15, 0.2) is 0 Å². The zero-order chi connectivity index (χ0) is 21.1. The number of hydrogen-bond acceptors (Lipinski definition) is 4. The van der Waals surface area contributed by atoms with E-state index in [4.69, 9.17) is 4.74 Å². The third kappa shape index (κ3) is 4.05. The molecule has 7 nitrogen and oxygen atoms in total. The first kappa shape index (κ1) is 19.7. The molecule has 1 amide bonds. The summed E-state index contributed by atoms with van der Waals surface area (Å²) in [5, 5.41) is 16.1. The highest BCUT2D eigenvalue weighted by molar-refractivity contribution is 5.79. The fourth-order valence-electron chi connectivity index (χ4n) is 3.96. The van der Waals surface area contributed by atoms with Gasteiger partial charge in [-0.3, -0.25) is 9.48 Å². The zero-order valence-corrected chi connectivity index (χ0v) is 16.6. The van der Waals surface area contributed by atoms with E-state index in [0.29, 0.717) is 0 Å². The van der Waals surface area contributed by atoms with Crippen molar-refractivity contribution in [2.75, 3.05) is 13.2 Å². The molecule has 1 unspecified atom stereocenters. The van der Waals surface area contributed by atoms with Gasteiger partial charge in [-0.2, -0.15) is 5.10 Å². The highest BCUT2D eigenvalue weighted by atomic mass is 16.5. The Bertz CT molecular complexity index is 1030. The fraction of sp³-hybridized carbons (Fsp3) is 0.261. The lowest BCUT2D eigenvalue weighted by Gasteiger charge is -2.16. The van der Waals surface area contributed by atoms with Crippen molar-refractivity contribution >= 4 is 12.1 Å². The third-order valence-corrected chi connectivity index (χ3v) is 5.43. The van der Waals surface area contributed by atoms with E-state index < -0.39 is 18.0 Å². The summed E-state index contributed by atoms with van der Waals surface area (Å²) >= 11 is 0. The van der Waals surface area contributed by atoms with Crippen LogP contribution in [0, 0.1) is 5.92 Å². The minimum Gasteiger partial charge on any atom is -0.481 e. The first-order valence-corrected chi connectivity index (χ1v) is 9.82. The topological polar surface area (TPSA) is 93.5 Å². The van der Waals surface area contributed by atoms with Crippen LogP contribution in [0.4, 0.5) is 4.79 Å². The predicted molar refractivity (Wildman–Crippen MR) is 111 cm³/mol. The summed E-state index contributed by atoms with van der Waals surface area (Å²) in [6.07, 6.45) is 3.06. The van der Waals surface area contributed by atoms with Gasteiger partial charge in [0.05, 0.1) is 12.1 Å². The number of fused-ring (bicyclic) bond motifs is 3. The molecule has 1 atom stereocenters. The number of carbonyl (C=O) groups is 2. The molecule has 0 aliphatic heterocycles. The molecular formula is C23H23N3O4. The van der Waals surface area contributed by atoms with E-state index in [-0.39, 0.29) is 25.5 Å². The molecule has 1 heterocycles. The molecule has 7 heteroatoms. The van der Waals surface area contributed by atoms with Gasteiger partial charge < -0.3 is 15.2 Å². The van der Waals surface area contributed by atoms with Crippen LogP contribution in [0.3, 0.4) is 0 Å². The van der Waals surface area contributed by atoms with Crippen LogP contribution in [0.1, 0.15) is 22.6 Å². The van der Waals surface area contributed by atoms with Gasteiger partial charge in [0.25, 0.3) is 0 Å². The van der Waals surface area contributed by atoms with Crippen molar-refractivity contribution in [3.8, 4) is 11.1 Å². The van der Waals surface area contributed by atoms with E-state index >= 15 is 0 Å². The van der Waals surface area contributed by atoms with Crippen molar-refractivity contribution in [3.63, 3.8) is 0 Å². The Morgan fingerprint density at radius 2 is 1.77 bits per heavy atom. The minimum absolute atomic E-state index is 0.0130. The number of aryl methyl sites for hydroxylation is 1. The van der Waals surface area contributed by atoms with E-state index in [1.54, 1.807) is 24.1 Å². The molecule has 0 saturated carbocycles. The summed E-state index contributed by atoms with van der Waals surface area (Å²) in [5.74, 6) is -1.76. The Morgan fingerprint density at radius 3 is 2.33 bits per heavy atom. The highest BCUT2D eigenvalue weighted by Gasteiger charge is 2.29. The van der Waals surface area contributed by atoms with Gasteiger partial charge in [0.1, 0.15) is 6.61 Å². The standard InChI is InChI=1S/C23H23N3O4/c1-26-13-15(11-25-26)10-16(22(27)28)12-24-23(29)30-14-21-19-8-4-2-6-17(19)18-7-3-5-9-20(18)21/h2-9,11,13,16,21H,10,12,14H2,1H3,(H,24,29)(H,27,28). The predicted octanol–water partition coefficient (Wildman–Crippen LogP) is 3.20. The van der Waals surface area contributed by atoms with Crippen LogP contribution < -0.4 is 5.32 Å². The first-order chi connectivity index (χ1) is 14.5. The van der Waals surface area contributed by atoms with Gasteiger partial charge in [-0.1, -0.05) is 48.5 Å². The van der Waals surface area contributed by atoms with Crippen LogP contribution in [-0.4, -0.2) is 40.1 Å². The monoisotopic (exact) mass is 405 g/mol. The van der Waals surface area contributed by atoms with Gasteiger partial charge in [0.2, 0.25) is 0 Å². The van der Waals surface area contributed by atoms with Gasteiger partial charge in [-0.15, -0.1) is 0 Å². The number of nitrogens with one attached hydrogen (secondary N) is 1. The largest absolute Gasteiger partial charge is 0.481 e. The number of carboxylic acid groups (broad SMARTS) is 1. The molecule has 2 aromatic carbocycles. The fourth-order valence-corrected chi connectivity index (χ4v) is 3.96. The second-order valence-electron chi connectivity index (χ2n) is 7.47. The summed E-state index contributed by atoms with van der Waals surface area (Å²) < 4.78 is 7.08. The zero-order valence-electron chi connectivity index (χ0n) is 16.6. The number of benzene rings is 2. The molecule has 3 aromatic rings. The van der Waals surface area contributed by atoms with Crippen molar-refractivity contribution in [3.05, 3.63) is 77.6 Å². The number of carboxylic acids is 1. The van der Waals surface area contributed by atoms with Gasteiger partial charge in [-0.05, 0) is 34.2 Å². The van der Waals surface area contributed by atoms with Gasteiger partial charge >= 0.3 is 12.1 Å². The summed E-state index contributed by atoms with van der Waals surface area (Å²) in [7, 11) is 1.77. The average molecular weight is 405 g/mol. The number of ether oxygens (including phenoxy) is 1. The molecule has 0 saturated heterocycles. The number of alkyl carbamates (subject to hydrolysis) is 1. The van der Waals surface area contributed by atoms with Crippen molar-refractivity contribution in [2.45, 2.75) is 12.3 Å². The lowest BCUT2D eigenvalue weighted by molar-refractivity contribution is -0.141. The second kappa shape index (κ2) is 8.41. The van der Waals surface area contributed by atoms with Crippen LogP contribution in [0.15, 0.2) is 60.9 Å². The maximum absolute atomic E-state index is 12.3. The van der Waals surface area contributed by atoms with E-state index in [1.165, 1.54) is 0 Å². The Balaban J connectivity index is 1.36. The van der Waals surface area contributed by atoms with E-state index in [2.05, 4.69) is 34.7 Å². The van der Waals surface area contributed by atoms with Crippen molar-refractivity contribution in [2.24, 2.45) is 13.0 Å². The molecule has 1 aliphatic carbocycles. The maximum Gasteiger partial charge on any atom is 0.407 e. The summed E-state index contributed by atoms with van der Waals surface area (Å²) in [6.45, 7) is 0.182. The minimum atomic E-state index is -0.974. The molecule has 154 valence electrons. The first-order valence-electron chi connectivity index (χ1n) is 9.82. The van der Waals surface area contributed by atoms with Crippen molar-refractivity contribution < 1.29 is 19.4 Å². The van der Waals surface area contributed by atoms with Crippen LogP contribution >= 0.6 is 0 Å². The molecule has 1 aliphatic rings. The normalized spacial score (nSPS) is 13.4. The SMILES string of the molecule is Cn1cc(CC(CNC(=O)OCC2c3ccccc3-c3ccccc32)C(=O)O)cn1. The quantitative estimate of drug-likeness (QED) is 0.630. The smallest absolute Gasteiger partial charge is 0.407 e. The molecular weight excluding hydrogens is 382 g/mol. The second-order valence-corrected chi connectivity index (χ2v) is 7.47. The Kier molecular flexibility index (Phi) is 5.52. The number of aliphatic carboxylic acids is 1. The number of carbonyl (C=O) groups excluding carboxylic acids is 1. The Hall–Kier alpha value is -3.61. The molecule has 2 N–H and O–H groups in total. The highest BCUT2D eigenvalue weighted by Crippen LogP contribution is 2.44. The third-order valence-electron chi connectivity index (χ3n) is 5.43. The van der Waals surface area contributed by atoms with E-state index in [0.717, 1.165) is 27.8 Å². The van der Waals surface area contributed by atoms with E-state index in [9.17, 15) is 14.7 Å². The summed E-state index contributed by atoms with van der Waals surface area (Å²) in [6, 6.07) is 16.2. The van der Waals surface area contributed by atoms with Gasteiger partial charge in [-0.25, -0.2) is 4.79 Å². The molecule has 0 bridgehead atoms. The number of amides is 1. The summed E-state index contributed by atoms with van der Waals surface area (Å²) in [4.78, 5) is 23.8. The Morgan fingerprint density at radius 1 is 1.13 bits per heavy atom. The maximum atomic E-state index is 12.3. The number of hydrogen-bond donors (Lipinski definition) is 2. The molecule has 30 heavy (non-hydrogen) atoms. The van der Waals surface area contributed by atoms with Crippen LogP contribution in [-0.2, 0) is 23.0 Å². The molecule has 0 spiro atoms. The van der Waals surface area contributed by atoms with Crippen LogP contribution in [0.2, 0.25) is 0 Å². The lowest BCUT2D eigenvalue weighted by atomic mass is 9.98. The lowest BCUT2D eigenvalue weighted by Crippen LogP contribution is -2.35. The summed E-state index contributed by atoms with van der Waals surface area (Å²) in [5.41, 5.74) is 5.38. The van der Waals surface area contributed by atoms with Crippen molar-refractivity contribution in [1.29, 1.82) is 0 Å². The van der Waals surface area contributed by atoms with Crippen molar-refractivity contribution in [1.82, 2.24) is 15.1 Å². The van der Waals surface area contributed by atoms with E-state index in [1.807, 2.05) is 24.3 Å².